The lowest BCUT2D eigenvalue weighted by Crippen LogP contribution is -2.40. The van der Waals surface area contributed by atoms with Crippen LogP contribution in [0.1, 0.15) is 69.2 Å². The van der Waals surface area contributed by atoms with Crippen molar-refractivity contribution < 1.29 is 9.47 Å². The highest BCUT2D eigenvalue weighted by Gasteiger charge is 2.21. The summed E-state index contributed by atoms with van der Waals surface area (Å²) in [5, 5.41) is 0. The third-order valence-electron chi connectivity index (χ3n) is 5.87. The van der Waals surface area contributed by atoms with Crippen LogP contribution in [0.5, 0.6) is 11.8 Å². The van der Waals surface area contributed by atoms with Crippen LogP contribution in [0.15, 0.2) is 4.90 Å². The van der Waals surface area contributed by atoms with Crippen molar-refractivity contribution in [1.82, 2.24) is 19.8 Å². The molecule has 0 aliphatic heterocycles. The van der Waals surface area contributed by atoms with Crippen LogP contribution in [-0.2, 0) is 0 Å². The van der Waals surface area contributed by atoms with Crippen molar-refractivity contribution in [2.75, 3.05) is 50.5 Å². The van der Waals surface area contributed by atoms with Gasteiger partial charge in [0.1, 0.15) is 18.1 Å². The molecule has 0 aromatic carbocycles. The summed E-state index contributed by atoms with van der Waals surface area (Å²) in [5.41, 5.74) is 0. The van der Waals surface area contributed by atoms with Gasteiger partial charge in [0, 0.05) is 50.3 Å². The van der Waals surface area contributed by atoms with E-state index in [1.165, 1.54) is 0 Å². The first-order chi connectivity index (χ1) is 15.6. The molecule has 0 saturated heterocycles. The molecule has 0 unspecified atom stereocenters. The van der Waals surface area contributed by atoms with Crippen molar-refractivity contribution in [3.63, 3.8) is 0 Å². The van der Waals surface area contributed by atoms with Gasteiger partial charge in [-0.1, -0.05) is 0 Å². The minimum atomic E-state index is 0. The first kappa shape index (κ1) is 36.9. The van der Waals surface area contributed by atoms with Crippen LogP contribution in [0.25, 0.3) is 0 Å². The van der Waals surface area contributed by atoms with Gasteiger partial charge in [0.05, 0.1) is 0 Å². The molecule has 0 amide bonds. The van der Waals surface area contributed by atoms with E-state index in [0.29, 0.717) is 55.1 Å². The number of anilines is 1. The normalized spacial score (nSPS) is 11.5. The summed E-state index contributed by atoms with van der Waals surface area (Å²) in [5.74, 6) is 1.90. The van der Waals surface area contributed by atoms with Gasteiger partial charge in [0.2, 0.25) is 17.7 Å². The van der Waals surface area contributed by atoms with E-state index in [9.17, 15) is 0 Å². The quantitative estimate of drug-likeness (QED) is 0.197. The van der Waals surface area contributed by atoms with Crippen molar-refractivity contribution >= 4 is 51.7 Å². The van der Waals surface area contributed by atoms with E-state index < -0.39 is 0 Å². The maximum atomic E-state index is 6.25. The van der Waals surface area contributed by atoms with Gasteiger partial charge in [-0.3, -0.25) is 9.80 Å². The molecular weight excluding hydrogens is 594 g/mol. The van der Waals surface area contributed by atoms with Gasteiger partial charge >= 0.3 is 0 Å². The summed E-state index contributed by atoms with van der Waals surface area (Å²) < 4.78 is 12.5. The number of ether oxygens (including phenoxy) is 2. The summed E-state index contributed by atoms with van der Waals surface area (Å²) in [6.07, 6.45) is 2.03. The number of hydrogen-bond acceptors (Lipinski definition) is 8. The van der Waals surface area contributed by atoms with Gasteiger partial charge in [0.15, 0.2) is 0 Å². The maximum Gasteiger partial charge on any atom is 0.236 e. The van der Waals surface area contributed by atoms with Crippen LogP contribution in [0.2, 0.25) is 0 Å². The highest BCUT2D eigenvalue weighted by atomic mass is 79.9. The topological polar surface area (TPSA) is 54.0 Å². The fourth-order valence-corrected chi connectivity index (χ4v) is 4.70. The molecule has 0 aliphatic carbocycles. The van der Waals surface area contributed by atoms with Crippen molar-refractivity contribution in [2.24, 2.45) is 0 Å². The molecule has 0 spiro atoms. The zero-order chi connectivity index (χ0) is 25.1. The van der Waals surface area contributed by atoms with Crippen LogP contribution < -0.4 is 14.4 Å². The van der Waals surface area contributed by atoms with Crippen LogP contribution in [0.3, 0.4) is 0 Å². The van der Waals surface area contributed by atoms with Crippen molar-refractivity contribution in [1.29, 1.82) is 0 Å². The standard InChI is InChI=1S/C25H49N5O2S.2BrH/c1-12-28(13-2)25-26-23(31-16-14-29(18(3)4)19(5)6)22(33-11)24(27-25)32-17-15-30(20(7)8)21(9)10;;/h18-21H,12-17H2,1-11H3;2*1H. The first-order valence-electron chi connectivity index (χ1n) is 12.5. The minimum absolute atomic E-state index is 0. The van der Waals surface area contributed by atoms with E-state index in [1.54, 1.807) is 11.8 Å². The van der Waals surface area contributed by atoms with Gasteiger partial charge in [-0.2, -0.15) is 9.97 Å². The van der Waals surface area contributed by atoms with Crippen molar-refractivity contribution in [3.05, 3.63) is 0 Å². The van der Waals surface area contributed by atoms with Gasteiger partial charge in [-0.25, -0.2) is 0 Å². The second kappa shape index (κ2) is 18.9. The summed E-state index contributed by atoms with van der Waals surface area (Å²) in [7, 11) is 0. The fraction of sp³-hybridized carbons (Fsp3) is 0.840. The molecule has 0 radical (unpaired) electrons. The fourth-order valence-electron chi connectivity index (χ4n) is 4.14. The molecule has 7 nitrogen and oxygen atoms in total. The Bertz CT molecular complexity index is 629. The molecule has 1 heterocycles. The van der Waals surface area contributed by atoms with E-state index in [4.69, 9.17) is 19.4 Å². The third kappa shape index (κ3) is 11.8. The molecule has 1 aromatic heterocycles. The molecule has 0 fully saturated rings. The number of aromatic nitrogens is 2. The highest BCUT2D eigenvalue weighted by molar-refractivity contribution is 8.93. The average Bonchev–Trinajstić information content (AvgIpc) is 2.73. The Balaban J connectivity index is 0. The number of thioether (sulfide) groups is 1. The van der Waals surface area contributed by atoms with Gasteiger partial charge < -0.3 is 14.4 Å². The van der Waals surface area contributed by atoms with E-state index >= 15 is 0 Å². The number of rotatable bonds is 16. The lowest BCUT2D eigenvalue weighted by atomic mass is 10.2. The van der Waals surface area contributed by atoms with Crippen molar-refractivity contribution in [3.8, 4) is 11.8 Å². The monoisotopic (exact) mass is 643 g/mol. The Kier molecular flexibility index (Phi) is 19.9. The SMILES string of the molecule is Br.Br.CCN(CC)c1nc(OCCN(C(C)C)C(C)C)c(SC)c(OCCN(C(C)C)C(C)C)n1. The molecule has 35 heavy (non-hydrogen) atoms. The lowest BCUT2D eigenvalue weighted by molar-refractivity contribution is 0.133. The largest absolute Gasteiger partial charge is 0.475 e. The van der Waals surface area contributed by atoms with E-state index in [0.717, 1.165) is 31.1 Å². The zero-order valence-electron chi connectivity index (χ0n) is 23.8. The second-order valence-corrected chi connectivity index (χ2v) is 10.2. The zero-order valence-corrected chi connectivity index (χ0v) is 28.1. The molecule has 0 saturated carbocycles. The molecule has 10 heteroatoms. The Morgan fingerprint density at radius 3 is 1.29 bits per heavy atom. The summed E-state index contributed by atoms with van der Waals surface area (Å²) in [6.45, 7) is 26.5. The summed E-state index contributed by atoms with van der Waals surface area (Å²) in [4.78, 5) is 17.4. The van der Waals surface area contributed by atoms with E-state index in [1.807, 2.05) is 6.26 Å². The first-order valence-corrected chi connectivity index (χ1v) is 13.8. The Morgan fingerprint density at radius 1 is 0.686 bits per heavy atom. The minimum Gasteiger partial charge on any atom is -0.475 e. The average molecular weight is 646 g/mol. The van der Waals surface area contributed by atoms with E-state index in [-0.39, 0.29) is 34.0 Å². The van der Waals surface area contributed by atoms with Crippen LogP contribution >= 0.6 is 45.7 Å². The van der Waals surface area contributed by atoms with E-state index in [2.05, 4.69) is 83.9 Å². The van der Waals surface area contributed by atoms with Crippen LogP contribution in [0.4, 0.5) is 5.95 Å². The Hall–Kier alpha value is -0.290. The summed E-state index contributed by atoms with van der Waals surface area (Å²) in [6, 6.07) is 1.87. The third-order valence-corrected chi connectivity index (χ3v) is 6.63. The molecule has 1 rings (SSSR count). The smallest absolute Gasteiger partial charge is 0.236 e. The number of halogens is 2. The number of hydrogen-bond donors (Lipinski definition) is 0. The van der Waals surface area contributed by atoms with Gasteiger partial charge in [0.25, 0.3) is 0 Å². The lowest BCUT2D eigenvalue weighted by Gasteiger charge is -2.30. The molecule has 0 atom stereocenters. The van der Waals surface area contributed by atoms with Gasteiger partial charge in [-0.05, 0) is 75.5 Å². The molecular formula is C25H51Br2N5O2S. The Morgan fingerprint density at radius 2 is 1.03 bits per heavy atom. The van der Waals surface area contributed by atoms with Crippen LogP contribution in [0, 0.1) is 0 Å². The molecule has 0 aliphatic rings. The molecule has 208 valence electrons. The Labute approximate surface area is 240 Å². The second-order valence-electron chi connectivity index (χ2n) is 9.39. The van der Waals surface area contributed by atoms with Crippen LogP contribution in [-0.4, -0.2) is 89.6 Å². The molecule has 0 N–H and O–H groups in total. The predicted octanol–water partition coefficient (Wildman–Crippen LogP) is 6.20. The number of nitrogens with zero attached hydrogens (tertiary/aromatic N) is 5. The summed E-state index contributed by atoms with van der Waals surface area (Å²) >= 11 is 1.58. The molecule has 0 bridgehead atoms. The van der Waals surface area contributed by atoms with Crippen molar-refractivity contribution in [2.45, 2.75) is 98.3 Å². The maximum absolute atomic E-state index is 6.25. The molecule has 1 aromatic rings. The predicted molar refractivity (Wildman–Crippen MR) is 163 cm³/mol. The highest BCUT2D eigenvalue weighted by Crippen LogP contribution is 2.36. The van der Waals surface area contributed by atoms with Gasteiger partial charge in [-0.15, -0.1) is 45.7 Å².